The molecule has 1 fully saturated rings. The Morgan fingerprint density at radius 1 is 0.867 bits per heavy atom. The van der Waals surface area contributed by atoms with Gasteiger partial charge in [-0.3, -0.25) is 14.5 Å². The van der Waals surface area contributed by atoms with Gasteiger partial charge in [-0.1, -0.05) is 91.0 Å². The van der Waals surface area contributed by atoms with Crippen LogP contribution in [-0.2, 0) is 16.1 Å². The summed E-state index contributed by atoms with van der Waals surface area (Å²) in [6.07, 6.45) is 0.119. The minimum Gasteiger partial charge on any atom is -0.464 e. The van der Waals surface area contributed by atoms with Crippen molar-refractivity contribution in [3.05, 3.63) is 108 Å². The number of ether oxygens (including phenoxy) is 1. The highest BCUT2D eigenvalue weighted by molar-refractivity contribution is 5.98. The monoisotopic (exact) mass is 399 g/mol. The summed E-state index contributed by atoms with van der Waals surface area (Å²) < 4.78 is 5.54. The van der Waals surface area contributed by atoms with E-state index < -0.39 is 5.92 Å². The van der Waals surface area contributed by atoms with Crippen molar-refractivity contribution >= 4 is 11.8 Å². The Kier molecular flexibility index (Phi) is 6.35. The van der Waals surface area contributed by atoms with Crippen LogP contribution < -0.4 is 0 Å². The predicted octanol–water partition coefficient (Wildman–Crippen LogP) is 4.68. The van der Waals surface area contributed by atoms with Crippen molar-refractivity contribution in [2.45, 2.75) is 19.0 Å². The highest BCUT2D eigenvalue weighted by atomic mass is 16.5. The normalized spacial score (nSPS) is 19.7. The molecule has 2 atom stereocenters. The average Bonchev–Trinajstić information content (AvgIpc) is 2.94. The zero-order valence-corrected chi connectivity index (χ0v) is 16.8. The summed E-state index contributed by atoms with van der Waals surface area (Å²) in [5, 5.41) is 0. The molecule has 3 aromatic carbocycles. The van der Waals surface area contributed by atoms with E-state index in [9.17, 15) is 9.59 Å². The smallest absolute Gasteiger partial charge is 0.311 e. The molecule has 0 N–H and O–H groups in total. The van der Waals surface area contributed by atoms with Gasteiger partial charge in [-0.25, -0.2) is 0 Å². The molecule has 4 nitrogen and oxygen atoms in total. The molecule has 0 bridgehead atoms. The van der Waals surface area contributed by atoms with Crippen molar-refractivity contribution < 1.29 is 14.3 Å². The van der Waals surface area contributed by atoms with E-state index >= 15 is 0 Å². The molecule has 30 heavy (non-hydrogen) atoms. The van der Waals surface area contributed by atoms with Crippen LogP contribution in [0.5, 0.6) is 0 Å². The number of ketones is 1. The van der Waals surface area contributed by atoms with Crippen LogP contribution in [-0.4, -0.2) is 29.8 Å². The Labute approximate surface area is 177 Å². The summed E-state index contributed by atoms with van der Waals surface area (Å²) >= 11 is 0. The number of rotatable bonds is 6. The fourth-order valence-electron chi connectivity index (χ4n) is 4.12. The van der Waals surface area contributed by atoms with E-state index in [1.807, 2.05) is 66.7 Å². The van der Waals surface area contributed by atoms with Gasteiger partial charge in [0, 0.05) is 31.1 Å². The Balaban J connectivity index is 1.68. The SMILES string of the molecule is O=C(CC1C(=O)OCCN(Cc2ccccc2)C1c1ccccc1)c1ccccc1. The van der Waals surface area contributed by atoms with E-state index in [0.29, 0.717) is 25.3 Å². The lowest BCUT2D eigenvalue weighted by Gasteiger charge is -2.33. The van der Waals surface area contributed by atoms with E-state index in [-0.39, 0.29) is 24.2 Å². The zero-order chi connectivity index (χ0) is 20.8. The van der Waals surface area contributed by atoms with Crippen molar-refractivity contribution in [1.29, 1.82) is 0 Å². The van der Waals surface area contributed by atoms with Gasteiger partial charge in [0.1, 0.15) is 6.61 Å². The van der Waals surface area contributed by atoms with E-state index in [0.717, 1.165) is 5.56 Å². The molecule has 1 aliphatic rings. The van der Waals surface area contributed by atoms with Gasteiger partial charge in [0.15, 0.2) is 5.78 Å². The van der Waals surface area contributed by atoms with Gasteiger partial charge >= 0.3 is 5.97 Å². The molecule has 0 radical (unpaired) electrons. The summed E-state index contributed by atoms with van der Waals surface area (Å²) in [6, 6.07) is 29.1. The molecule has 4 rings (SSSR count). The largest absolute Gasteiger partial charge is 0.464 e. The van der Waals surface area contributed by atoms with Gasteiger partial charge in [0.05, 0.1) is 5.92 Å². The minimum atomic E-state index is -0.564. The molecule has 2 unspecified atom stereocenters. The maximum Gasteiger partial charge on any atom is 0.311 e. The number of carbonyl (C=O) groups excluding carboxylic acids is 2. The average molecular weight is 399 g/mol. The van der Waals surface area contributed by atoms with Gasteiger partial charge in [-0.2, -0.15) is 0 Å². The molecule has 4 heteroatoms. The highest BCUT2D eigenvalue weighted by Crippen LogP contribution is 2.35. The molecule has 1 saturated heterocycles. The third-order valence-corrected chi connectivity index (χ3v) is 5.57. The van der Waals surface area contributed by atoms with Crippen LogP contribution in [0.25, 0.3) is 0 Å². The quantitative estimate of drug-likeness (QED) is 0.446. The molecule has 0 aliphatic carbocycles. The second-order valence-electron chi connectivity index (χ2n) is 7.58. The fourth-order valence-corrected chi connectivity index (χ4v) is 4.12. The Bertz CT molecular complexity index is 973. The second-order valence-corrected chi connectivity index (χ2v) is 7.58. The summed E-state index contributed by atoms with van der Waals surface area (Å²) in [5.74, 6) is -0.907. The van der Waals surface area contributed by atoms with Crippen molar-refractivity contribution in [3.63, 3.8) is 0 Å². The molecule has 0 aromatic heterocycles. The number of hydrogen-bond acceptors (Lipinski definition) is 4. The first kappa shape index (κ1) is 20.0. The molecular formula is C26H25NO3. The first-order valence-electron chi connectivity index (χ1n) is 10.3. The number of cyclic esters (lactones) is 1. The maximum atomic E-state index is 13.0. The molecule has 0 spiro atoms. The number of nitrogens with zero attached hydrogens (tertiary/aromatic N) is 1. The number of carbonyl (C=O) groups is 2. The number of benzene rings is 3. The lowest BCUT2D eigenvalue weighted by Crippen LogP contribution is -2.36. The first-order chi connectivity index (χ1) is 14.7. The molecule has 0 saturated carbocycles. The van der Waals surface area contributed by atoms with E-state index in [1.54, 1.807) is 12.1 Å². The zero-order valence-electron chi connectivity index (χ0n) is 16.8. The van der Waals surface area contributed by atoms with Crippen LogP contribution in [0.1, 0.15) is 33.9 Å². The second kappa shape index (κ2) is 9.51. The summed E-state index contributed by atoms with van der Waals surface area (Å²) in [6.45, 7) is 1.63. The van der Waals surface area contributed by atoms with Crippen molar-refractivity contribution in [2.24, 2.45) is 5.92 Å². The topological polar surface area (TPSA) is 46.6 Å². The molecular weight excluding hydrogens is 374 g/mol. The van der Waals surface area contributed by atoms with E-state index in [4.69, 9.17) is 4.74 Å². The van der Waals surface area contributed by atoms with Gasteiger partial charge in [0.2, 0.25) is 0 Å². The third-order valence-electron chi connectivity index (χ3n) is 5.57. The molecule has 1 aliphatic heterocycles. The van der Waals surface area contributed by atoms with Crippen LogP contribution in [0.4, 0.5) is 0 Å². The Hall–Kier alpha value is -3.24. The van der Waals surface area contributed by atoms with Crippen molar-refractivity contribution in [2.75, 3.05) is 13.2 Å². The lowest BCUT2D eigenvalue weighted by atomic mass is 9.86. The highest BCUT2D eigenvalue weighted by Gasteiger charge is 2.39. The molecule has 0 amide bonds. The summed E-state index contributed by atoms with van der Waals surface area (Å²) in [7, 11) is 0. The number of esters is 1. The maximum absolute atomic E-state index is 13.0. The van der Waals surface area contributed by atoms with Gasteiger partial charge < -0.3 is 4.74 Å². The molecule has 152 valence electrons. The standard InChI is InChI=1S/C26H25NO3/c28-24(21-12-6-2-7-13-21)18-23-25(22-14-8-3-9-15-22)27(16-17-30-26(23)29)19-20-10-4-1-5-11-20/h1-15,23,25H,16-19H2. The van der Waals surface area contributed by atoms with Gasteiger partial charge in [-0.15, -0.1) is 0 Å². The van der Waals surface area contributed by atoms with Crippen molar-refractivity contribution in [3.8, 4) is 0 Å². The van der Waals surface area contributed by atoms with E-state index in [2.05, 4.69) is 17.0 Å². The van der Waals surface area contributed by atoms with E-state index in [1.165, 1.54) is 5.56 Å². The molecule has 3 aromatic rings. The fraction of sp³-hybridized carbons (Fsp3) is 0.231. The third kappa shape index (κ3) is 4.66. The van der Waals surface area contributed by atoms with Crippen LogP contribution in [0, 0.1) is 5.92 Å². The number of hydrogen-bond donors (Lipinski definition) is 0. The van der Waals surface area contributed by atoms with Crippen molar-refractivity contribution in [1.82, 2.24) is 4.90 Å². The summed E-state index contributed by atoms with van der Waals surface area (Å²) in [5.41, 5.74) is 2.81. The van der Waals surface area contributed by atoms with Gasteiger partial charge in [-0.05, 0) is 11.1 Å². The van der Waals surface area contributed by atoms with Crippen LogP contribution in [0.15, 0.2) is 91.0 Å². The van der Waals surface area contributed by atoms with Gasteiger partial charge in [0.25, 0.3) is 0 Å². The van der Waals surface area contributed by atoms with Crippen LogP contribution in [0.2, 0.25) is 0 Å². The predicted molar refractivity (Wildman–Crippen MR) is 116 cm³/mol. The van der Waals surface area contributed by atoms with Crippen LogP contribution >= 0.6 is 0 Å². The molecule has 1 heterocycles. The number of Topliss-reactive ketones (excluding diaryl/α,β-unsaturated/α-hetero) is 1. The summed E-state index contributed by atoms with van der Waals surface area (Å²) in [4.78, 5) is 28.2. The Morgan fingerprint density at radius 3 is 2.13 bits per heavy atom. The Morgan fingerprint density at radius 2 is 1.47 bits per heavy atom. The minimum absolute atomic E-state index is 0.0416. The lowest BCUT2D eigenvalue weighted by molar-refractivity contribution is -0.147. The first-order valence-corrected chi connectivity index (χ1v) is 10.3. The van der Waals surface area contributed by atoms with Crippen LogP contribution in [0.3, 0.4) is 0 Å².